The molecule has 0 unspecified atom stereocenters. The van der Waals surface area contributed by atoms with E-state index in [4.69, 9.17) is 4.74 Å². The minimum Gasteiger partial charge on any atom is -0.390 e. The molecular formula is C17H27N3O4S. The van der Waals surface area contributed by atoms with E-state index in [9.17, 15) is 13.5 Å². The molecule has 0 spiro atoms. The Balaban J connectivity index is 1.59. The van der Waals surface area contributed by atoms with Crippen molar-refractivity contribution < 1.29 is 18.3 Å². The van der Waals surface area contributed by atoms with E-state index in [2.05, 4.69) is 9.80 Å². The Morgan fingerprint density at radius 1 is 1.20 bits per heavy atom. The first kappa shape index (κ1) is 18.8. The molecule has 1 N–H and O–H groups in total. The summed E-state index contributed by atoms with van der Waals surface area (Å²) in [5.41, 5.74) is 0. The van der Waals surface area contributed by atoms with Crippen molar-refractivity contribution in [1.29, 1.82) is 0 Å². The van der Waals surface area contributed by atoms with Crippen LogP contribution in [0.5, 0.6) is 0 Å². The van der Waals surface area contributed by atoms with Crippen molar-refractivity contribution in [2.24, 2.45) is 0 Å². The normalized spacial score (nSPS) is 26.4. The van der Waals surface area contributed by atoms with Gasteiger partial charge >= 0.3 is 0 Å². The Kier molecular flexibility index (Phi) is 6.08. The predicted octanol–water partition coefficient (Wildman–Crippen LogP) is -0.316. The molecule has 0 aliphatic carbocycles. The molecule has 2 saturated heterocycles. The van der Waals surface area contributed by atoms with Gasteiger partial charge in [-0.05, 0) is 19.2 Å². The molecule has 7 nitrogen and oxygen atoms in total. The molecule has 1 aromatic carbocycles. The third kappa shape index (κ3) is 4.39. The third-order valence-corrected chi connectivity index (χ3v) is 6.89. The first-order valence-electron chi connectivity index (χ1n) is 8.72. The first-order valence-corrected chi connectivity index (χ1v) is 10.2. The van der Waals surface area contributed by atoms with Crippen molar-refractivity contribution in [2.45, 2.75) is 17.0 Å². The number of β-amino-alcohol motifs (C(OH)–C–C–N with tert-alkyl or cyclic N) is 1. The van der Waals surface area contributed by atoms with E-state index in [0.29, 0.717) is 6.54 Å². The molecule has 0 aromatic heterocycles. The lowest BCUT2D eigenvalue weighted by Gasteiger charge is -2.31. The molecule has 2 heterocycles. The zero-order valence-corrected chi connectivity index (χ0v) is 15.4. The molecule has 0 radical (unpaired) electrons. The summed E-state index contributed by atoms with van der Waals surface area (Å²) in [7, 11) is -1.60. The van der Waals surface area contributed by atoms with E-state index in [1.54, 1.807) is 30.3 Å². The highest BCUT2D eigenvalue weighted by Crippen LogP contribution is 2.23. The van der Waals surface area contributed by atoms with Gasteiger partial charge in [0.25, 0.3) is 0 Å². The van der Waals surface area contributed by atoms with E-state index in [0.717, 1.165) is 39.4 Å². The maximum Gasteiger partial charge on any atom is 0.243 e. The Hall–Kier alpha value is -1.03. The van der Waals surface area contributed by atoms with Gasteiger partial charge < -0.3 is 9.84 Å². The number of aliphatic hydroxyl groups excluding tert-OH is 1. The number of nitrogens with zero attached hydrogens (tertiary/aromatic N) is 3. The number of hydrogen-bond acceptors (Lipinski definition) is 6. The zero-order valence-electron chi connectivity index (χ0n) is 14.6. The Labute approximate surface area is 149 Å². The maximum atomic E-state index is 12.7. The summed E-state index contributed by atoms with van der Waals surface area (Å²) in [6.07, 6.45) is -0.673. The van der Waals surface area contributed by atoms with Crippen molar-refractivity contribution in [2.75, 3.05) is 59.5 Å². The number of sulfonamides is 1. The van der Waals surface area contributed by atoms with Crippen molar-refractivity contribution in [3.8, 4) is 0 Å². The molecule has 0 saturated carbocycles. The van der Waals surface area contributed by atoms with Crippen molar-refractivity contribution in [3.63, 3.8) is 0 Å². The van der Waals surface area contributed by atoms with Crippen LogP contribution in [-0.4, -0.2) is 99.3 Å². The highest BCUT2D eigenvalue weighted by atomic mass is 32.2. The van der Waals surface area contributed by atoms with E-state index in [1.165, 1.54) is 4.31 Å². The van der Waals surface area contributed by atoms with Gasteiger partial charge in [0.15, 0.2) is 0 Å². The number of hydrogen-bond donors (Lipinski definition) is 1. The summed E-state index contributed by atoms with van der Waals surface area (Å²) in [5, 5.41) is 10.4. The number of rotatable bonds is 6. The van der Waals surface area contributed by atoms with E-state index in [1.807, 2.05) is 7.05 Å². The van der Waals surface area contributed by atoms with Crippen LogP contribution in [0.2, 0.25) is 0 Å². The van der Waals surface area contributed by atoms with E-state index >= 15 is 0 Å². The van der Waals surface area contributed by atoms with Gasteiger partial charge in [-0.25, -0.2) is 8.42 Å². The minimum absolute atomic E-state index is 0.143. The van der Waals surface area contributed by atoms with Crippen molar-refractivity contribution in [3.05, 3.63) is 30.3 Å². The van der Waals surface area contributed by atoms with Crippen LogP contribution in [0.3, 0.4) is 0 Å². The summed E-state index contributed by atoms with van der Waals surface area (Å²) in [6.45, 7) is 5.53. The predicted molar refractivity (Wildman–Crippen MR) is 94.9 cm³/mol. The van der Waals surface area contributed by atoms with Crippen LogP contribution in [0.15, 0.2) is 35.2 Å². The van der Waals surface area contributed by atoms with Gasteiger partial charge in [-0.1, -0.05) is 18.2 Å². The second kappa shape index (κ2) is 8.11. The average molecular weight is 369 g/mol. The Bertz CT molecular complexity index is 649. The summed E-state index contributed by atoms with van der Waals surface area (Å²) < 4.78 is 32.2. The number of morpholine rings is 1. The number of benzene rings is 1. The van der Waals surface area contributed by atoms with Gasteiger partial charge in [-0.2, -0.15) is 4.31 Å². The molecule has 8 heteroatoms. The van der Waals surface area contributed by atoms with Crippen LogP contribution in [0.25, 0.3) is 0 Å². The lowest BCUT2D eigenvalue weighted by Crippen LogP contribution is -2.46. The molecule has 1 aromatic rings. The first-order chi connectivity index (χ1) is 12.0. The highest BCUT2D eigenvalue weighted by molar-refractivity contribution is 7.89. The maximum absolute atomic E-state index is 12.7. The van der Waals surface area contributed by atoms with Gasteiger partial charge in [0.1, 0.15) is 0 Å². The van der Waals surface area contributed by atoms with Gasteiger partial charge in [-0.3, -0.25) is 9.80 Å². The number of ether oxygens (including phenoxy) is 1. The van der Waals surface area contributed by atoms with Crippen LogP contribution in [0.4, 0.5) is 0 Å². The fraction of sp³-hybridized carbons (Fsp3) is 0.647. The van der Waals surface area contributed by atoms with E-state index in [-0.39, 0.29) is 17.5 Å². The van der Waals surface area contributed by atoms with Crippen molar-refractivity contribution >= 4 is 10.0 Å². The largest absolute Gasteiger partial charge is 0.390 e. The molecule has 0 bridgehead atoms. The molecule has 140 valence electrons. The number of aliphatic hydroxyl groups is 1. The van der Waals surface area contributed by atoms with Crippen LogP contribution in [0.1, 0.15) is 0 Å². The second-order valence-electron chi connectivity index (χ2n) is 6.70. The fourth-order valence-electron chi connectivity index (χ4n) is 3.40. The topological polar surface area (TPSA) is 73.3 Å². The van der Waals surface area contributed by atoms with Gasteiger partial charge in [0.05, 0.1) is 30.3 Å². The Morgan fingerprint density at radius 3 is 2.56 bits per heavy atom. The molecule has 2 fully saturated rings. The van der Waals surface area contributed by atoms with Crippen LogP contribution in [-0.2, 0) is 14.8 Å². The summed E-state index contributed by atoms with van der Waals surface area (Å²) >= 11 is 0. The minimum atomic E-state index is -3.55. The smallest absolute Gasteiger partial charge is 0.243 e. The van der Waals surface area contributed by atoms with Gasteiger partial charge in [0, 0.05) is 39.3 Å². The molecule has 3 rings (SSSR count). The molecule has 2 atom stereocenters. The van der Waals surface area contributed by atoms with E-state index < -0.39 is 16.1 Å². The van der Waals surface area contributed by atoms with Crippen LogP contribution in [0, 0.1) is 0 Å². The molecular weight excluding hydrogens is 342 g/mol. The summed E-state index contributed by atoms with van der Waals surface area (Å²) in [4.78, 5) is 4.68. The monoisotopic (exact) mass is 369 g/mol. The standard InChI is InChI=1S/C17H27N3O4S/c1-18(7-8-19-9-11-24-12-10-19)16-13-20(14-17(16)21)25(22,23)15-5-3-2-4-6-15/h2-6,16-17,21H,7-14H2,1H3/t16-,17-/m0/s1. The lowest BCUT2D eigenvalue weighted by molar-refractivity contribution is 0.0284. The van der Waals surface area contributed by atoms with Crippen molar-refractivity contribution in [1.82, 2.24) is 14.1 Å². The Morgan fingerprint density at radius 2 is 1.88 bits per heavy atom. The second-order valence-corrected chi connectivity index (χ2v) is 8.64. The molecule has 0 amide bonds. The summed E-state index contributed by atoms with van der Waals surface area (Å²) in [5.74, 6) is 0. The highest BCUT2D eigenvalue weighted by Gasteiger charge is 2.40. The average Bonchev–Trinajstić information content (AvgIpc) is 3.04. The van der Waals surface area contributed by atoms with Crippen LogP contribution >= 0.6 is 0 Å². The fourth-order valence-corrected chi connectivity index (χ4v) is 4.89. The lowest BCUT2D eigenvalue weighted by atomic mass is 10.2. The zero-order chi connectivity index (χ0) is 17.9. The quantitative estimate of drug-likeness (QED) is 0.741. The molecule has 2 aliphatic heterocycles. The molecule has 2 aliphatic rings. The van der Waals surface area contributed by atoms with Gasteiger partial charge in [0.2, 0.25) is 10.0 Å². The van der Waals surface area contributed by atoms with Crippen LogP contribution < -0.4 is 0 Å². The SMILES string of the molecule is CN(CCN1CCOCC1)[C@H]1CN(S(=O)(=O)c2ccccc2)C[C@@H]1O. The molecule has 25 heavy (non-hydrogen) atoms. The third-order valence-electron chi connectivity index (χ3n) is 5.05. The summed E-state index contributed by atoms with van der Waals surface area (Å²) in [6, 6.07) is 8.23. The number of likely N-dealkylation sites (N-methyl/N-ethyl adjacent to an activating group) is 1. The van der Waals surface area contributed by atoms with Gasteiger partial charge in [-0.15, -0.1) is 0 Å².